The minimum atomic E-state index is -1.02. The maximum Gasteiger partial charge on any atom is 0.326 e. The van der Waals surface area contributed by atoms with E-state index in [9.17, 15) is 9.59 Å². The van der Waals surface area contributed by atoms with Gasteiger partial charge in [0.15, 0.2) is 0 Å². The van der Waals surface area contributed by atoms with Crippen molar-refractivity contribution in [3.63, 3.8) is 0 Å². The van der Waals surface area contributed by atoms with Gasteiger partial charge in [-0.25, -0.2) is 14.6 Å². The van der Waals surface area contributed by atoms with Gasteiger partial charge in [0.1, 0.15) is 6.04 Å². The average molecular weight is 271 g/mol. The molecule has 0 spiro atoms. The van der Waals surface area contributed by atoms with Crippen molar-refractivity contribution in [2.75, 3.05) is 0 Å². The average Bonchev–Trinajstić information content (AvgIpc) is 2.85. The summed E-state index contributed by atoms with van der Waals surface area (Å²) < 4.78 is 0. The van der Waals surface area contributed by atoms with Gasteiger partial charge in [-0.05, 0) is 5.92 Å². The number of carbonyl (C=O) groups excluding carboxylic acids is 1. The number of carboxylic acid groups (broad SMARTS) is 1. The van der Waals surface area contributed by atoms with Crippen LogP contribution in [0.4, 0.5) is 4.79 Å². The van der Waals surface area contributed by atoms with Gasteiger partial charge in [-0.2, -0.15) is 0 Å². The van der Waals surface area contributed by atoms with E-state index in [1.165, 1.54) is 11.3 Å². The predicted octanol–water partition coefficient (Wildman–Crippen LogP) is 1.44. The summed E-state index contributed by atoms with van der Waals surface area (Å²) in [4.78, 5) is 26.6. The number of nitrogens with one attached hydrogen (secondary N) is 2. The number of aromatic nitrogens is 1. The highest BCUT2D eigenvalue weighted by Crippen LogP contribution is 2.07. The Labute approximate surface area is 109 Å². The molecule has 1 heterocycles. The number of carbonyl (C=O) groups is 2. The van der Waals surface area contributed by atoms with Crippen molar-refractivity contribution < 1.29 is 14.7 Å². The number of urea groups is 1. The molecule has 18 heavy (non-hydrogen) atoms. The maximum absolute atomic E-state index is 11.6. The topological polar surface area (TPSA) is 91.3 Å². The van der Waals surface area contributed by atoms with Gasteiger partial charge >= 0.3 is 12.0 Å². The highest BCUT2D eigenvalue weighted by Gasteiger charge is 2.25. The molecule has 2 atom stereocenters. The van der Waals surface area contributed by atoms with Crippen molar-refractivity contribution in [3.8, 4) is 0 Å². The second-order valence-electron chi connectivity index (χ2n) is 4.01. The first-order chi connectivity index (χ1) is 8.54. The van der Waals surface area contributed by atoms with Crippen LogP contribution in [0.15, 0.2) is 10.9 Å². The third-order valence-corrected chi connectivity index (χ3v) is 3.31. The molecule has 7 heteroatoms. The van der Waals surface area contributed by atoms with Gasteiger partial charge in [-0.3, -0.25) is 0 Å². The number of carboxylic acids is 1. The Hall–Kier alpha value is -1.63. The molecule has 0 bridgehead atoms. The van der Waals surface area contributed by atoms with Gasteiger partial charge in [-0.1, -0.05) is 20.3 Å². The molecule has 2 amide bonds. The molecule has 0 saturated heterocycles. The van der Waals surface area contributed by atoms with E-state index < -0.39 is 18.0 Å². The van der Waals surface area contributed by atoms with Crippen molar-refractivity contribution in [2.24, 2.45) is 5.92 Å². The lowest BCUT2D eigenvalue weighted by atomic mass is 9.99. The molecular formula is C11H17N3O3S. The van der Waals surface area contributed by atoms with Crippen LogP contribution in [-0.4, -0.2) is 28.1 Å². The van der Waals surface area contributed by atoms with Crippen LogP contribution < -0.4 is 10.6 Å². The fraction of sp³-hybridized carbons (Fsp3) is 0.545. The summed E-state index contributed by atoms with van der Waals surface area (Å²) in [5.41, 5.74) is 2.43. The molecule has 6 nitrogen and oxygen atoms in total. The fourth-order valence-corrected chi connectivity index (χ4v) is 1.93. The third kappa shape index (κ3) is 4.33. The van der Waals surface area contributed by atoms with Gasteiger partial charge in [0.05, 0.1) is 17.7 Å². The molecule has 1 rings (SSSR count). The zero-order valence-corrected chi connectivity index (χ0v) is 11.2. The summed E-state index contributed by atoms with van der Waals surface area (Å²) in [6.07, 6.45) is 0.684. The standard InChI is InChI=1S/C11H17N3O3S/c1-3-7(2)9(10(15)16)14-11(17)12-4-8-5-18-6-13-8/h5-7,9H,3-4H2,1-2H3,(H,15,16)(H2,12,14,17)/t7-,9-/m0/s1. The largest absolute Gasteiger partial charge is 0.480 e. The summed E-state index contributed by atoms with van der Waals surface area (Å²) >= 11 is 1.44. The van der Waals surface area contributed by atoms with Crippen LogP contribution in [0.5, 0.6) is 0 Å². The fourth-order valence-electron chi connectivity index (χ4n) is 1.37. The summed E-state index contributed by atoms with van der Waals surface area (Å²) in [7, 11) is 0. The van der Waals surface area contributed by atoms with Crippen molar-refractivity contribution >= 4 is 23.3 Å². The Balaban J connectivity index is 2.44. The van der Waals surface area contributed by atoms with Crippen molar-refractivity contribution in [2.45, 2.75) is 32.9 Å². The predicted molar refractivity (Wildman–Crippen MR) is 68.4 cm³/mol. The number of thiazole rings is 1. The quantitative estimate of drug-likeness (QED) is 0.730. The number of hydrogen-bond donors (Lipinski definition) is 3. The molecule has 0 unspecified atom stereocenters. The van der Waals surface area contributed by atoms with E-state index in [1.54, 1.807) is 12.4 Å². The zero-order valence-electron chi connectivity index (χ0n) is 10.3. The lowest BCUT2D eigenvalue weighted by molar-refractivity contribution is -0.140. The van der Waals surface area contributed by atoms with Crippen molar-refractivity contribution in [1.82, 2.24) is 15.6 Å². The highest BCUT2D eigenvalue weighted by atomic mass is 32.1. The summed E-state index contributed by atoms with van der Waals surface area (Å²) in [6, 6.07) is -1.36. The van der Waals surface area contributed by atoms with Crippen LogP contribution in [0.25, 0.3) is 0 Å². The molecule has 0 aromatic carbocycles. The Kier molecular flexibility index (Phi) is 5.57. The molecule has 0 aliphatic heterocycles. The van der Waals surface area contributed by atoms with Gasteiger partial charge < -0.3 is 15.7 Å². The first-order valence-electron chi connectivity index (χ1n) is 5.68. The first kappa shape index (κ1) is 14.4. The van der Waals surface area contributed by atoms with Gasteiger partial charge in [0.25, 0.3) is 0 Å². The molecule has 100 valence electrons. The number of aliphatic carboxylic acids is 1. The van der Waals surface area contributed by atoms with E-state index in [2.05, 4.69) is 15.6 Å². The lowest BCUT2D eigenvalue weighted by Gasteiger charge is -2.20. The Bertz CT molecular complexity index is 394. The monoisotopic (exact) mass is 271 g/mol. The Morgan fingerprint density at radius 3 is 2.78 bits per heavy atom. The number of hydrogen-bond acceptors (Lipinski definition) is 4. The summed E-state index contributed by atoms with van der Waals surface area (Å²) in [5.74, 6) is -1.14. The minimum Gasteiger partial charge on any atom is -0.480 e. The SMILES string of the molecule is CC[C@H](C)[C@H](NC(=O)NCc1cscn1)C(=O)O. The van der Waals surface area contributed by atoms with E-state index in [-0.39, 0.29) is 5.92 Å². The van der Waals surface area contributed by atoms with Crippen molar-refractivity contribution in [3.05, 3.63) is 16.6 Å². The molecule has 1 aromatic heterocycles. The van der Waals surface area contributed by atoms with Crippen LogP contribution >= 0.6 is 11.3 Å². The number of amides is 2. The lowest BCUT2D eigenvalue weighted by Crippen LogP contribution is -2.48. The summed E-state index contributed by atoms with van der Waals surface area (Å²) in [6.45, 7) is 3.97. The van der Waals surface area contributed by atoms with Crippen LogP contribution in [0, 0.1) is 5.92 Å². The van der Waals surface area contributed by atoms with E-state index in [0.29, 0.717) is 13.0 Å². The molecular weight excluding hydrogens is 254 g/mol. The second-order valence-corrected chi connectivity index (χ2v) is 4.73. The first-order valence-corrected chi connectivity index (χ1v) is 6.63. The van der Waals surface area contributed by atoms with Crippen LogP contribution in [0.2, 0.25) is 0 Å². The summed E-state index contributed by atoms with van der Waals surface area (Å²) in [5, 5.41) is 15.9. The minimum absolute atomic E-state index is 0.118. The van der Waals surface area contributed by atoms with E-state index >= 15 is 0 Å². The van der Waals surface area contributed by atoms with E-state index in [1.807, 2.05) is 12.3 Å². The molecule has 0 aliphatic carbocycles. The van der Waals surface area contributed by atoms with Crippen LogP contribution in [0.1, 0.15) is 26.0 Å². The third-order valence-electron chi connectivity index (χ3n) is 2.68. The number of nitrogens with zero attached hydrogens (tertiary/aromatic N) is 1. The van der Waals surface area contributed by atoms with E-state index in [4.69, 9.17) is 5.11 Å². The molecule has 0 fully saturated rings. The van der Waals surface area contributed by atoms with Gasteiger partial charge in [-0.15, -0.1) is 11.3 Å². The Morgan fingerprint density at radius 1 is 1.56 bits per heavy atom. The Morgan fingerprint density at radius 2 is 2.28 bits per heavy atom. The molecule has 0 aliphatic rings. The van der Waals surface area contributed by atoms with Crippen molar-refractivity contribution in [1.29, 1.82) is 0 Å². The smallest absolute Gasteiger partial charge is 0.326 e. The normalized spacial score (nSPS) is 13.7. The molecule has 1 aromatic rings. The molecule has 0 radical (unpaired) electrons. The van der Waals surface area contributed by atoms with E-state index in [0.717, 1.165) is 5.69 Å². The second kappa shape index (κ2) is 6.95. The highest BCUT2D eigenvalue weighted by molar-refractivity contribution is 7.07. The van der Waals surface area contributed by atoms with Crippen LogP contribution in [-0.2, 0) is 11.3 Å². The van der Waals surface area contributed by atoms with Gasteiger partial charge in [0, 0.05) is 5.38 Å². The molecule has 0 saturated carbocycles. The zero-order chi connectivity index (χ0) is 13.5. The molecule has 3 N–H and O–H groups in total. The van der Waals surface area contributed by atoms with Gasteiger partial charge in [0.2, 0.25) is 0 Å². The van der Waals surface area contributed by atoms with Crippen LogP contribution in [0.3, 0.4) is 0 Å². The number of rotatable bonds is 6. The maximum atomic E-state index is 11.6.